The molecule has 0 heterocycles. The van der Waals surface area contributed by atoms with E-state index in [0.29, 0.717) is 5.92 Å². The van der Waals surface area contributed by atoms with Crippen molar-refractivity contribution in [2.45, 2.75) is 32.1 Å². The molecule has 0 bridgehead atoms. The Balaban J connectivity index is 2.13. The molecule has 16 heavy (non-hydrogen) atoms. The molecule has 0 aliphatic heterocycles. The van der Waals surface area contributed by atoms with Crippen LogP contribution in [-0.4, -0.2) is 6.21 Å². The third kappa shape index (κ3) is 2.73. The van der Waals surface area contributed by atoms with Crippen molar-refractivity contribution in [2.75, 3.05) is 0 Å². The Labute approximate surface area is 97.4 Å². The second-order valence-corrected chi connectivity index (χ2v) is 4.34. The van der Waals surface area contributed by atoms with Crippen molar-refractivity contribution < 1.29 is 0 Å². The molecule has 0 aromatic heterocycles. The van der Waals surface area contributed by atoms with Crippen LogP contribution in [0, 0.1) is 23.2 Å². The van der Waals surface area contributed by atoms with Crippen molar-refractivity contribution in [3.63, 3.8) is 0 Å². The molecule has 82 valence electrons. The maximum atomic E-state index is 7.31. The number of benzene rings is 1. The van der Waals surface area contributed by atoms with E-state index in [1.54, 1.807) is 0 Å². The van der Waals surface area contributed by atoms with Crippen LogP contribution in [-0.2, 0) is 0 Å². The highest BCUT2D eigenvalue weighted by molar-refractivity contribution is 5.81. The molecule has 1 saturated carbocycles. The van der Waals surface area contributed by atoms with Crippen molar-refractivity contribution >= 4 is 6.21 Å². The minimum Gasteiger partial charge on any atom is -0.308 e. The van der Waals surface area contributed by atoms with Gasteiger partial charge in [-0.2, -0.15) is 0 Å². The molecule has 1 heteroatoms. The van der Waals surface area contributed by atoms with E-state index in [1.807, 2.05) is 24.3 Å². The first kappa shape index (κ1) is 11.0. The van der Waals surface area contributed by atoms with Crippen LogP contribution in [0.4, 0.5) is 0 Å². The average molecular weight is 211 g/mol. The Morgan fingerprint density at radius 3 is 2.62 bits per heavy atom. The highest BCUT2D eigenvalue weighted by Crippen LogP contribution is 2.22. The van der Waals surface area contributed by atoms with Crippen LogP contribution in [0.25, 0.3) is 0 Å². The zero-order valence-electron chi connectivity index (χ0n) is 9.50. The standard InChI is InChI=1S/C15H17N/c16-12-15-9-5-4-8-14(15)11-10-13-6-2-1-3-7-13/h4-5,8-9,12-13,16H,1-3,6-7H2. The average Bonchev–Trinajstić information content (AvgIpc) is 2.38. The summed E-state index contributed by atoms with van der Waals surface area (Å²) in [5, 5.41) is 7.31. The molecule has 1 aromatic rings. The second-order valence-electron chi connectivity index (χ2n) is 4.34. The minimum atomic E-state index is 0.576. The Kier molecular flexibility index (Phi) is 3.77. The predicted molar refractivity (Wildman–Crippen MR) is 67.8 cm³/mol. The Hall–Kier alpha value is -1.55. The number of rotatable bonds is 1. The summed E-state index contributed by atoms with van der Waals surface area (Å²) in [4.78, 5) is 0. The lowest BCUT2D eigenvalue weighted by Crippen LogP contribution is -2.03. The molecule has 0 saturated heterocycles. The van der Waals surface area contributed by atoms with Gasteiger partial charge in [0.15, 0.2) is 0 Å². The van der Waals surface area contributed by atoms with Crippen molar-refractivity contribution in [2.24, 2.45) is 5.92 Å². The lowest BCUT2D eigenvalue weighted by atomic mass is 9.89. The van der Waals surface area contributed by atoms with Crippen LogP contribution < -0.4 is 0 Å². The number of hydrogen-bond donors (Lipinski definition) is 1. The molecule has 0 unspecified atom stereocenters. The van der Waals surface area contributed by atoms with Gasteiger partial charge in [0.05, 0.1) is 0 Å². The quantitative estimate of drug-likeness (QED) is 0.542. The Morgan fingerprint density at radius 2 is 1.88 bits per heavy atom. The van der Waals surface area contributed by atoms with Gasteiger partial charge in [-0.3, -0.25) is 0 Å². The van der Waals surface area contributed by atoms with Crippen LogP contribution in [0.3, 0.4) is 0 Å². The lowest BCUT2D eigenvalue weighted by Gasteiger charge is -2.15. The third-order valence-corrected chi connectivity index (χ3v) is 3.13. The summed E-state index contributed by atoms with van der Waals surface area (Å²) in [5.74, 6) is 7.17. The maximum Gasteiger partial charge on any atom is 0.0332 e. The zero-order valence-corrected chi connectivity index (χ0v) is 9.50. The molecule has 0 spiro atoms. The van der Waals surface area contributed by atoms with Crippen LogP contribution >= 0.6 is 0 Å². The highest BCUT2D eigenvalue weighted by Gasteiger charge is 2.09. The van der Waals surface area contributed by atoms with Crippen LogP contribution in [0.2, 0.25) is 0 Å². The van der Waals surface area contributed by atoms with E-state index in [0.717, 1.165) is 11.1 Å². The maximum absolute atomic E-state index is 7.31. The third-order valence-electron chi connectivity index (χ3n) is 3.13. The normalized spacial score (nSPS) is 16.2. The number of nitrogens with one attached hydrogen (secondary N) is 1. The summed E-state index contributed by atoms with van der Waals surface area (Å²) in [6.07, 6.45) is 7.90. The second kappa shape index (κ2) is 5.51. The topological polar surface area (TPSA) is 23.9 Å². The first-order valence-electron chi connectivity index (χ1n) is 6.01. The van der Waals surface area contributed by atoms with Gasteiger partial charge in [-0.1, -0.05) is 49.3 Å². The molecular formula is C15H17N. The van der Waals surface area contributed by atoms with E-state index < -0.39 is 0 Å². The van der Waals surface area contributed by atoms with Gasteiger partial charge in [0.1, 0.15) is 0 Å². The van der Waals surface area contributed by atoms with E-state index in [-0.39, 0.29) is 0 Å². The Morgan fingerprint density at radius 1 is 1.12 bits per heavy atom. The van der Waals surface area contributed by atoms with Gasteiger partial charge in [0.25, 0.3) is 0 Å². The van der Waals surface area contributed by atoms with Gasteiger partial charge in [-0.15, -0.1) is 0 Å². The van der Waals surface area contributed by atoms with Crippen molar-refractivity contribution in [3.8, 4) is 11.8 Å². The summed E-state index contributed by atoms with van der Waals surface area (Å²) in [6, 6.07) is 7.87. The summed E-state index contributed by atoms with van der Waals surface area (Å²) >= 11 is 0. The van der Waals surface area contributed by atoms with Gasteiger partial charge >= 0.3 is 0 Å². The summed E-state index contributed by atoms with van der Waals surface area (Å²) in [7, 11) is 0. The molecule has 1 aliphatic carbocycles. The van der Waals surface area contributed by atoms with E-state index in [1.165, 1.54) is 38.3 Å². The monoisotopic (exact) mass is 211 g/mol. The van der Waals surface area contributed by atoms with Crippen molar-refractivity contribution in [3.05, 3.63) is 35.4 Å². The molecular weight excluding hydrogens is 194 g/mol. The fourth-order valence-corrected chi connectivity index (χ4v) is 2.16. The van der Waals surface area contributed by atoms with Gasteiger partial charge in [-0.05, 0) is 18.9 Å². The van der Waals surface area contributed by atoms with E-state index in [4.69, 9.17) is 5.41 Å². The van der Waals surface area contributed by atoms with E-state index in [9.17, 15) is 0 Å². The van der Waals surface area contributed by atoms with E-state index in [2.05, 4.69) is 11.8 Å². The molecule has 0 atom stereocenters. The van der Waals surface area contributed by atoms with Gasteiger partial charge < -0.3 is 5.41 Å². The smallest absolute Gasteiger partial charge is 0.0332 e. The minimum absolute atomic E-state index is 0.576. The summed E-state index contributed by atoms with van der Waals surface area (Å²) in [6.45, 7) is 0. The first-order valence-corrected chi connectivity index (χ1v) is 6.01. The first-order chi connectivity index (χ1) is 7.90. The molecule has 0 amide bonds. The largest absolute Gasteiger partial charge is 0.308 e. The van der Waals surface area contributed by atoms with Crippen LogP contribution in [0.5, 0.6) is 0 Å². The van der Waals surface area contributed by atoms with Crippen molar-refractivity contribution in [1.29, 1.82) is 5.41 Å². The molecule has 1 aliphatic rings. The van der Waals surface area contributed by atoms with Gasteiger partial charge in [0, 0.05) is 23.3 Å². The fraction of sp³-hybridized carbons (Fsp3) is 0.400. The molecule has 1 fully saturated rings. The Bertz CT molecular complexity index is 417. The lowest BCUT2D eigenvalue weighted by molar-refractivity contribution is 0.430. The predicted octanol–water partition coefficient (Wildman–Crippen LogP) is 3.62. The van der Waals surface area contributed by atoms with Crippen LogP contribution in [0.15, 0.2) is 24.3 Å². The number of hydrogen-bond acceptors (Lipinski definition) is 1. The summed E-state index contributed by atoms with van der Waals surface area (Å²) in [5.41, 5.74) is 1.91. The molecule has 1 nitrogen and oxygen atoms in total. The van der Waals surface area contributed by atoms with Gasteiger partial charge in [-0.25, -0.2) is 0 Å². The molecule has 2 rings (SSSR count). The highest BCUT2D eigenvalue weighted by atomic mass is 14.3. The molecule has 1 aromatic carbocycles. The molecule has 1 N–H and O–H groups in total. The van der Waals surface area contributed by atoms with E-state index >= 15 is 0 Å². The SMILES string of the molecule is N=Cc1ccccc1C#CC1CCCCC1. The molecule has 0 radical (unpaired) electrons. The van der Waals surface area contributed by atoms with Gasteiger partial charge in [0.2, 0.25) is 0 Å². The van der Waals surface area contributed by atoms with Crippen LogP contribution in [0.1, 0.15) is 43.2 Å². The zero-order chi connectivity index (χ0) is 11.2. The van der Waals surface area contributed by atoms with Crippen molar-refractivity contribution in [1.82, 2.24) is 0 Å². The summed E-state index contributed by atoms with van der Waals surface area (Å²) < 4.78 is 0. The fourth-order valence-electron chi connectivity index (χ4n) is 2.16.